The number of benzene rings is 2. The number of hydrogen-bond donors (Lipinski definition) is 2. The zero-order chi connectivity index (χ0) is 27.3. The van der Waals surface area contributed by atoms with Gasteiger partial charge in [0.15, 0.2) is 12.5 Å². The molecule has 4 aliphatic heterocycles. The Hall–Kier alpha value is -3.41. The Morgan fingerprint density at radius 3 is 2.26 bits per heavy atom. The number of aliphatic hydroxyl groups is 2. The molecule has 39 heavy (non-hydrogen) atoms. The third-order valence-electron chi connectivity index (χ3n) is 7.75. The minimum atomic E-state index is -1.48. The highest BCUT2D eigenvalue weighted by Crippen LogP contribution is 2.39. The molecule has 0 bridgehead atoms. The second-order valence-corrected chi connectivity index (χ2v) is 10.2. The molecule has 2 aromatic carbocycles. The maximum Gasteiger partial charge on any atom is 0.262 e. The van der Waals surface area contributed by atoms with Crippen LogP contribution in [0, 0.1) is 0 Å². The number of likely N-dealkylation sites (tertiary alicyclic amines) is 1. The number of nitrogens with zero attached hydrogens (tertiary/aromatic N) is 2. The lowest BCUT2D eigenvalue weighted by Crippen LogP contribution is -2.77. The average Bonchev–Trinajstić information content (AvgIpc) is 3.20. The summed E-state index contributed by atoms with van der Waals surface area (Å²) < 4.78 is 17.7. The third kappa shape index (κ3) is 4.29. The van der Waals surface area contributed by atoms with E-state index in [-0.39, 0.29) is 17.7 Å². The first-order valence-electron chi connectivity index (χ1n) is 13.2. The lowest BCUT2D eigenvalue weighted by Gasteiger charge is -2.56. The van der Waals surface area contributed by atoms with Gasteiger partial charge in [-0.15, -0.1) is 0 Å². The summed E-state index contributed by atoms with van der Waals surface area (Å²) in [4.78, 5) is 42.4. The normalized spacial score (nSPS) is 34.3. The summed E-state index contributed by atoms with van der Waals surface area (Å²) in [6, 6.07) is 13.9. The SMILES string of the molecule is CCCC1OC[C@H]2O[C@@H](N3C(=O)[C@H](N4C(=O)c5ccccc5C4=O)[C@@H]3/C=C/c3ccccc3)[C@H](O)[C@@H](O)[C@@H]2O1. The summed E-state index contributed by atoms with van der Waals surface area (Å²) in [5.41, 5.74) is 1.33. The topological polar surface area (TPSA) is 126 Å². The van der Waals surface area contributed by atoms with Crippen LogP contribution in [0.2, 0.25) is 0 Å². The molecule has 8 atom stereocenters. The summed E-state index contributed by atoms with van der Waals surface area (Å²) in [6.07, 6.45) is -1.14. The molecule has 2 aromatic rings. The van der Waals surface area contributed by atoms with Gasteiger partial charge < -0.3 is 29.3 Å². The number of carbonyl (C=O) groups excluding carboxylic acids is 3. The van der Waals surface area contributed by atoms with E-state index >= 15 is 0 Å². The van der Waals surface area contributed by atoms with Crippen LogP contribution in [0.15, 0.2) is 60.7 Å². The fraction of sp³-hybridized carbons (Fsp3) is 0.414. The van der Waals surface area contributed by atoms with Crippen LogP contribution in [0.25, 0.3) is 6.08 Å². The molecule has 0 aliphatic carbocycles. The van der Waals surface area contributed by atoms with Crippen molar-refractivity contribution in [2.45, 2.75) is 68.8 Å². The molecule has 0 spiro atoms. The molecule has 6 rings (SSSR count). The van der Waals surface area contributed by atoms with Crippen molar-refractivity contribution in [3.8, 4) is 0 Å². The molecule has 3 saturated heterocycles. The lowest BCUT2D eigenvalue weighted by molar-refractivity contribution is -0.343. The largest absolute Gasteiger partial charge is 0.387 e. The van der Waals surface area contributed by atoms with E-state index in [4.69, 9.17) is 14.2 Å². The van der Waals surface area contributed by atoms with Crippen molar-refractivity contribution in [3.63, 3.8) is 0 Å². The number of ether oxygens (including phenoxy) is 3. The molecule has 0 aromatic heterocycles. The maximum atomic E-state index is 13.7. The molecule has 0 radical (unpaired) electrons. The molecule has 10 nitrogen and oxygen atoms in total. The van der Waals surface area contributed by atoms with Crippen molar-refractivity contribution in [2.75, 3.05) is 6.61 Å². The monoisotopic (exact) mass is 534 g/mol. The highest BCUT2D eigenvalue weighted by molar-refractivity contribution is 6.23. The molecular formula is C29H30N2O8. The Kier molecular flexibility index (Phi) is 6.82. The van der Waals surface area contributed by atoms with Gasteiger partial charge in [0, 0.05) is 0 Å². The Labute approximate surface area is 225 Å². The van der Waals surface area contributed by atoms with Gasteiger partial charge in [-0.05, 0) is 24.1 Å². The van der Waals surface area contributed by atoms with Crippen LogP contribution in [-0.2, 0) is 19.0 Å². The number of imide groups is 1. The highest BCUT2D eigenvalue weighted by Gasteiger charge is 2.61. The Morgan fingerprint density at radius 2 is 1.59 bits per heavy atom. The van der Waals surface area contributed by atoms with Crippen molar-refractivity contribution < 1.29 is 38.8 Å². The molecule has 1 unspecified atom stereocenters. The van der Waals surface area contributed by atoms with Crippen molar-refractivity contribution in [1.29, 1.82) is 0 Å². The van der Waals surface area contributed by atoms with Crippen LogP contribution in [0.1, 0.15) is 46.0 Å². The van der Waals surface area contributed by atoms with Gasteiger partial charge in [0.05, 0.1) is 23.8 Å². The Morgan fingerprint density at radius 1 is 0.923 bits per heavy atom. The van der Waals surface area contributed by atoms with E-state index in [1.54, 1.807) is 36.4 Å². The minimum absolute atomic E-state index is 0.129. The fourth-order valence-electron chi connectivity index (χ4n) is 5.76. The van der Waals surface area contributed by atoms with Crippen LogP contribution in [-0.4, -0.2) is 93.4 Å². The van der Waals surface area contributed by atoms with Gasteiger partial charge in [0.25, 0.3) is 17.7 Å². The average molecular weight is 535 g/mol. The number of carbonyl (C=O) groups is 3. The summed E-state index contributed by atoms with van der Waals surface area (Å²) in [5.74, 6) is -1.66. The van der Waals surface area contributed by atoms with Gasteiger partial charge in [-0.25, -0.2) is 0 Å². The summed E-state index contributed by atoms with van der Waals surface area (Å²) in [7, 11) is 0. The number of β-lactam (4-membered cyclic amide) rings is 1. The van der Waals surface area contributed by atoms with Gasteiger partial charge in [-0.3, -0.25) is 19.3 Å². The van der Waals surface area contributed by atoms with E-state index in [0.29, 0.717) is 6.42 Å². The first-order chi connectivity index (χ1) is 18.9. The van der Waals surface area contributed by atoms with Crippen LogP contribution in [0.4, 0.5) is 0 Å². The summed E-state index contributed by atoms with van der Waals surface area (Å²) in [6.45, 7) is 2.12. The quantitative estimate of drug-likeness (QED) is 0.423. The molecular weight excluding hydrogens is 504 g/mol. The first-order valence-corrected chi connectivity index (χ1v) is 13.2. The molecule has 2 N–H and O–H groups in total. The van der Waals surface area contributed by atoms with Gasteiger partial charge >= 0.3 is 0 Å². The number of amides is 3. The number of fused-ring (bicyclic) bond motifs is 2. The second-order valence-electron chi connectivity index (χ2n) is 10.2. The molecule has 4 heterocycles. The first kappa shape index (κ1) is 25.8. The zero-order valence-corrected chi connectivity index (χ0v) is 21.3. The zero-order valence-electron chi connectivity index (χ0n) is 21.3. The second kappa shape index (κ2) is 10.3. The standard InChI is InChI=1S/C29H30N2O8/c1-2-8-21-37-15-20-25(39-21)23(32)24(33)29(38-20)30-19(14-13-16-9-4-3-5-10-16)22(28(30)36)31-26(34)17-11-6-7-12-18(17)27(31)35/h3-7,9-14,19-25,29,32-33H,2,8,15H2,1H3/b14-13+/t19-,20+,21?,22+,23+,24+,25+,29+/m0/s1. The Balaban J connectivity index is 1.30. The molecule has 10 heteroatoms. The summed E-state index contributed by atoms with van der Waals surface area (Å²) in [5, 5.41) is 22.1. The van der Waals surface area contributed by atoms with Crippen LogP contribution >= 0.6 is 0 Å². The van der Waals surface area contributed by atoms with Gasteiger partial charge in [-0.1, -0.05) is 68.0 Å². The van der Waals surface area contributed by atoms with Crippen LogP contribution in [0.3, 0.4) is 0 Å². The van der Waals surface area contributed by atoms with Gasteiger partial charge in [0.1, 0.15) is 30.5 Å². The number of hydrogen-bond acceptors (Lipinski definition) is 8. The van der Waals surface area contributed by atoms with Crippen molar-refractivity contribution >= 4 is 23.8 Å². The minimum Gasteiger partial charge on any atom is -0.387 e. The van der Waals surface area contributed by atoms with E-state index < -0.39 is 66.7 Å². The van der Waals surface area contributed by atoms with E-state index in [9.17, 15) is 24.6 Å². The predicted molar refractivity (Wildman–Crippen MR) is 137 cm³/mol. The van der Waals surface area contributed by atoms with Crippen LogP contribution < -0.4 is 0 Å². The fourth-order valence-corrected chi connectivity index (χ4v) is 5.76. The smallest absolute Gasteiger partial charge is 0.262 e. The molecule has 204 valence electrons. The number of rotatable bonds is 6. The van der Waals surface area contributed by atoms with E-state index in [1.807, 2.05) is 37.3 Å². The third-order valence-corrected chi connectivity index (χ3v) is 7.75. The lowest BCUT2D eigenvalue weighted by atomic mass is 9.88. The van der Waals surface area contributed by atoms with E-state index in [2.05, 4.69) is 0 Å². The predicted octanol–water partition coefficient (Wildman–Crippen LogP) is 1.56. The van der Waals surface area contributed by atoms with Crippen molar-refractivity contribution in [1.82, 2.24) is 9.80 Å². The molecule has 3 amide bonds. The number of aliphatic hydroxyl groups excluding tert-OH is 2. The van der Waals surface area contributed by atoms with Crippen molar-refractivity contribution in [2.24, 2.45) is 0 Å². The van der Waals surface area contributed by atoms with E-state index in [0.717, 1.165) is 16.9 Å². The molecule has 0 saturated carbocycles. The van der Waals surface area contributed by atoms with Gasteiger partial charge in [-0.2, -0.15) is 0 Å². The highest BCUT2D eigenvalue weighted by atomic mass is 16.7. The molecule has 3 fully saturated rings. The van der Waals surface area contributed by atoms with Crippen molar-refractivity contribution in [3.05, 3.63) is 77.4 Å². The van der Waals surface area contributed by atoms with Crippen LogP contribution in [0.5, 0.6) is 0 Å². The Bertz CT molecular complexity index is 1260. The maximum absolute atomic E-state index is 13.7. The molecule has 4 aliphatic rings. The van der Waals surface area contributed by atoms with Gasteiger partial charge in [0.2, 0.25) is 0 Å². The summed E-state index contributed by atoms with van der Waals surface area (Å²) >= 11 is 0. The van der Waals surface area contributed by atoms with E-state index in [1.165, 1.54) is 4.90 Å².